The Morgan fingerprint density at radius 1 is 1.05 bits per heavy atom. The van der Waals surface area contributed by atoms with Gasteiger partial charge in [-0.25, -0.2) is 0 Å². The minimum atomic E-state index is 0.0203. The van der Waals surface area contributed by atoms with Crippen LogP contribution < -0.4 is 14.8 Å². The zero-order chi connectivity index (χ0) is 15.0. The van der Waals surface area contributed by atoms with Crippen molar-refractivity contribution in [1.29, 1.82) is 0 Å². The number of rotatable bonds is 10. The van der Waals surface area contributed by atoms with Gasteiger partial charge in [0, 0.05) is 0 Å². The first-order valence-electron chi connectivity index (χ1n) is 8.41. The average molecular weight is 291 g/mol. The Hall–Kier alpha value is -1.22. The molecule has 0 spiro atoms. The molecule has 0 amide bonds. The first-order valence-corrected chi connectivity index (χ1v) is 8.41. The molecule has 0 unspecified atom stereocenters. The molecule has 0 aliphatic heterocycles. The van der Waals surface area contributed by atoms with Gasteiger partial charge in [0.15, 0.2) is 11.5 Å². The Morgan fingerprint density at radius 3 is 2.43 bits per heavy atom. The van der Waals surface area contributed by atoms with Gasteiger partial charge in [0.1, 0.15) is 5.60 Å². The fourth-order valence-electron chi connectivity index (χ4n) is 2.69. The molecule has 1 aliphatic rings. The second-order valence-corrected chi connectivity index (χ2v) is 5.93. The zero-order valence-corrected chi connectivity index (χ0v) is 13.5. The van der Waals surface area contributed by atoms with E-state index in [1.807, 2.05) is 24.3 Å². The van der Waals surface area contributed by atoms with E-state index in [1.165, 1.54) is 12.8 Å². The van der Waals surface area contributed by atoms with Crippen LogP contribution in [0.5, 0.6) is 11.5 Å². The van der Waals surface area contributed by atoms with Gasteiger partial charge in [0.05, 0.1) is 6.61 Å². The van der Waals surface area contributed by atoms with E-state index in [-0.39, 0.29) is 5.60 Å². The van der Waals surface area contributed by atoms with E-state index in [9.17, 15) is 0 Å². The van der Waals surface area contributed by atoms with Crippen LogP contribution in [0.25, 0.3) is 0 Å². The van der Waals surface area contributed by atoms with Gasteiger partial charge in [-0.2, -0.15) is 0 Å². The number of ether oxygens (including phenoxy) is 2. The summed E-state index contributed by atoms with van der Waals surface area (Å²) < 4.78 is 12.2. The Morgan fingerprint density at radius 2 is 1.81 bits per heavy atom. The molecule has 0 atom stereocenters. The van der Waals surface area contributed by atoms with E-state index in [1.54, 1.807) is 0 Å². The van der Waals surface area contributed by atoms with Crippen molar-refractivity contribution in [3.05, 3.63) is 24.3 Å². The molecule has 3 nitrogen and oxygen atoms in total. The third-order valence-corrected chi connectivity index (χ3v) is 4.09. The topological polar surface area (TPSA) is 30.5 Å². The number of benzene rings is 1. The summed E-state index contributed by atoms with van der Waals surface area (Å²) in [5.74, 6) is 1.79. The molecular weight excluding hydrogens is 262 g/mol. The molecule has 1 aromatic rings. The smallest absolute Gasteiger partial charge is 0.162 e. The number of nitrogens with one attached hydrogen (secondary N) is 1. The zero-order valence-electron chi connectivity index (χ0n) is 13.5. The molecule has 0 radical (unpaired) electrons. The highest BCUT2D eigenvalue weighted by Crippen LogP contribution is 2.41. The van der Waals surface area contributed by atoms with Crippen LogP contribution in [0.3, 0.4) is 0 Å². The lowest BCUT2D eigenvalue weighted by molar-refractivity contribution is -0.0164. The van der Waals surface area contributed by atoms with Crippen molar-refractivity contribution in [3.8, 4) is 11.5 Å². The van der Waals surface area contributed by atoms with Crippen LogP contribution in [-0.2, 0) is 0 Å². The van der Waals surface area contributed by atoms with Gasteiger partial charge in [-0.15, -0.1) is 0 Å². The van der Waals surface area contributed by atoms with Crippen LogP contribution in [0, 0.1) is 0 Å². The molecule has 21 heavy (non-hydrogen) atoms. The third-order valence-electron chi connectivity index (χ3n) is 4.09. The molecule has 3 heteroatoms. The van der Waals surface area contributed by atoms with Crippen molar-refractivity contribution < 1.29 is 9.47 Å². The van der Waals surface area contributed by atoms with E-state index >= 15 is 0 Å². The first-order chi connectivity index (χ1) is 10.3. The molecule has 0 saturated heterocycles. The van der Waals surface area contributed by atoms with Crippen molar-refractivity contribution in [1.82, 2.24) is 5.32 Å². The molecule has 1 saturated carbocycles. The quantitative estimate of drug-likeness (QED) is 0.656. The summed E-state index contributed by atoms with van der Waals surface area (Å²) in [6.07, 6.45) is 6.86. The van der Waals surface area contributed by atoms with Crippen molar-refractivity contribution >= 4 is 0 Å². The Balaban J connectivity index is 1.94. The molecule has 0 heterocycles. The fourth-order valence-corrected chi connectivity index (χ4v) is 2.69. The van der Waals surface area contributed by atoms with Gasteiger partial charge in [-0.05, 0) is 63.7 Å². The highest BCUT2D eigenvalue weighted by molar-refractivity contribution is 5.40. The van der Waals surface area contributed by atoms with Gasteiger partial charge < -0.3 is 14.8 Å². The minimum Gasteiger partial charge on any atom is -0.490 e. The largest absolute Gasteiger partial charge is 0.490 e. The third kappa shape index (κ3) is 4.63. The summed E-state index contributed by atoms with van der Waals surface area (Å²) in [6, 6.07) is 8.07. The summed E-state index contributed by atoms with van der Waals surface area (Å²) in [6.45, 7) is 7.18. The summed E-state index contributed by atoms with van der Waals surface area (Å²) in [7, 11) is 0. The van der Waals surface area contributed by atoms with Gasteiger partial charge in [0.25, 0.3) is 0 Å². The lowest BCUT2D eigenvalue weighted by Crippen LogP contribution is -2.45. The van der Waals surface area contributed by atoms with E-state index in [0.717, 1.165) is 56.9 Å². The molecule has 118 valence electrons. The van der Waals surface area contributed by atoms with E-state index < -0.39 is 0 Å². The van der Waals surface area contributed by atoms with Crippen molar-refractivity contribution in [3.63, 3.8) is 0 Å². The maximum absolute atomic E-state index is 6.38. The normalized spacial score (nSPS) is 16.3. The maximum atomic E-state index is 6.38. The number of hydrogen-bond donors (Lipinski definition) is 1. The summed E-state index contributed by atoms with van der Waals surface area (Å²) in [5.41, 5.74) is 0.0203. The second-order valence-electron chi connectivity index (χ2n) is 5.93. The van der Waals surface area contributed by atoms with Gasteiger partial charge in [0.2, 0.25) is 0 Å². The van der Waals surface area contributed by atoms with E-state index in [2.05, 4.69) is 19.2 Å². The predicted molar refractivity (Wildman–Crippen MR) is 87.2 cm³/mol. The predicted octanol–water partition coefficient (Wildman–Crippen LogP) is 4.17. The average Bonchev–Trinajstić information content (AvgIpc) is 2.47. The molecular formula is C18H29NO2. The van der Waals surface area contributed by atoms with Crippen LogP contribution >= 0.6 is 0 Å². The first kappa shape index (κ1) is 16.2. The summed E-state index contributed by atoms with van der Waals surface area (Å²) in [4.78, 5) is 0. The maximum Gasteiger partial charge on any atom is 0.162 e. The van der Waals surface area contributed by atoms with Gasteiger partial charge in [-0.3, -0.25) is 0 Å². The van der Waals surface area contributed by atoms with Crippen LogP contribution in [0.1, 0.15) is 52.4 Å². The lowest BCUT2D eigenvalue weighted by Gasteiger charge is -2.42. The van der Waals surface area contributed by atoms with Gasteiger partial charge in [-0.1, -0.05) is 26.0 Å². The SMILES string of the molecule is CCCNCCC1(Oc2ccccc2OCCC)CCC1. The van der Waals surface area contributed by atoms with Crippen LogP contribution in [-0.4, -0.2) is 25.3 Å². The number of para-hydroxylation sites is 2. The lowest BCUT2D eigenvalue weighted by atomic mass is 9.77. The van der Waals surface area contributed by atoms with Gasteiger partial charge >= 0.3 is 0 Å². The molecule has 2 rings (SSSR count). The molecule has 1 N–H and O–H groups in total. The second kappa shape index (κ2) is 8.28. The highest BCUT2D eigenvalue weighted by atomic mass is 16.5. The van der Waals surface area contributed by atoms with Crippen LogP contribution in [0.2, 0.25) is 0 Å². The minimum absolute atomic E-state index is 0.0203. The molecule has 1 aliphatic carbocycles. The molecule has 1 fully saturated rings. The van der Waals surface area contributed by atoms with Crippen LogP contribution in [0.4, 0.5) is 0 Å². The summed E-state index contributed by atoms with van der Waals surface area (Å²) in [5, 5.41) is 3.48. The molecule has 1 aromatic carbocycles. The Kier molecular flexibility index (Phi) is 6.37. The van der Waals surface area contributed by atoms with Crippen molar-refractivity contribution in [2.24, 2.45) is 0 Å². The van der Waals surface area contributed by atoms with Crippen LogP contribution in [0.15, 0.2) is 24.3 Å². The standard InChI is InChI=1S/C18H29NO2/c1-3-13-19-14-12-18(10-7-11-18)21-17-9-6-5-8-16(17)20-15-4-2/h5-6,8-9,19H,3-4,7,10-15H2,1-2H3. The number of hydrogen-bond acceptors (Lipinski definition) is 3. The Labute approximate surface area is 129 Å². The molecule has 0 bridgehead atoms. The molecule has 0 aromatic heterocycles. The summed E-state index contributed by atoms with van der Waals surface area (Å²) >= 11 is 0. The monoisotopic (exact) mass is 291 g/mol. The van der Waals surface area contributed by atoms with Crippen molar-refractivity contribution in [2.45, 2.75) is 58.0 Å². The van der Waals surface area contributed by atoms with E-state index in [0.29, 0.717) is 0 Å². The fraction of sp³-hybridized carbons (Fsp3) is 0.667. The van der Waals surface area contributed by atoms with Crippen molar-refractivity contribution in [2.75, 3.05) is 19.7 Å². The van der Waals surface area contributed by atoms with E-state index in [4.69, 9.17) is 9.47 Å². The Bertz CT molecular complexity index is 415. The highest BCUT2D eigenvalue weighted by Gasteiger charge is 2.39.